The number of nitrogens with zero attached hydrogens (tertiary/aromatic N) is 2. The summed E-state index contributed by atoms with van der Waals surface area (Å²) < 4.78 is 10.1. The lowest BCUT2D eigenvalue weighted by atomic mass is 10.2. The SMILES string of the molecule is CCCOCc1noc(C(O)CCN)n1. The molecule has 86 valence electrons. The molecule has 0 bridgehead atoms. The summed E-state index contributed by atoms with van der Waals surface area (Å²) in [5.74, 6) is 0.657. The molecule has 1 aromatic heterocycles. The second-order valence-electron chi connectivity index (χ2n) is 3.19. The Hall–Kier alpha value is -0.980. The molecule has 0 aliphatic heterocycles. The highest BCUT2D eigenvalue weighted by Crippen LogP contribution is 2.13. The molecule has 0 radical (unpaired) electrons. The van der Waals surface area contributed by atoms with Gasteiger partial charge in [0.05, 0.1) is 0 Å². The van der Waals surface area contributed by atoms with E-state index in [1.54, 1.807) is 0 Å². The Labute approximate surface area is 88.4 Å². The van der Waals surface area contributed by atoms with Gasteiger partial charge in [0.2, 0.25) is 0 Å². The molecule has 1 rings (SSSR count). The molecule has 3 N–H and O–H groups in total. The van der Waals surface area contributed by atoms with Crippen LogP contribution in [0.2, 0.25) is 0 Å². The van der Waals surface area contributed by atoms with E-state index in [0.717, 1.165) is 6.42 Å². The summed E-state index contributed by atoms with van der Waals surface area (Å²) in [6.45, 7) is 3.37. The average Bonchev–Trinajstić information content (AvgIpc) is 2.67. The lowest BCUT2D eigenvalue weighted by molar-refractivity contribution is 0.113. The van der Waals surface area contributed by atoms with Gasteiger partial charge in [-0.2, -0.15) is 4.98 Å². The van der Waals surface area contributed by atoms with Gasteiger partial charge in [0.25, 0.3) is 5.89 Å². The molecule has 1 heterocycles. The van der Waals surface area contributed by atoms with Gasteiger partial charge in [-0.05, 0) is 19.4 Å². The molecular weight excluding hydrogens is 198 g/mol. The first-order chi connectivity index (χ1) is 7.27. The first-order valence-electron chi connectivity index (χ1n) is 5.06. The zero-order valence-electron chi connectivity index (χ0n) is 8.85. The molecule has 0 amide bonds. The molecule has 0 saturated carbocycles. The van der Waals surface area contributed by atoms with Crippen LogP contribution in [0.15, 0.2) is 4.52 Å². The highest BCUT2D eigenvalue weighted by atomic mass is 16.5. The van der Waals surface area contributed by atoms with Gasteiger partial charge in [0, 0.05) is 6.61 Å². The maximum Gasteiger partial charge on any atom is 0.255 e. The standard InChI is InChI=1S/C9H17N3O3/c1-2-5-14-6-8-11-9(15-12-8)7(13)3-4-10/h7,13H,2-6,10H2,1H3. The van der Waals surface area contributed by atoms with E-state index in [4.69, 9.17) is 15.0 Å². The van der Waals surface area contributed by atoms with Gasteiger partial charge < -0.3 is 20.1 Å². The summed E-state index contributed by atoms with van der Waals surface area (Å²) in [7, 11) is 0. The smallest absolute Gasteiger partial charge is 0.255 e. The summed E-state index contributed by atoms with van der Waals surface area (Å²) in [5.41, 5.74) is 5.30. The van der Waals surface area contributed by atoms with E-state index in [0.29, 0.717) is 32.0 Å². The quantitative estimate of drug-likeness (QED) is 0.638. The van der Waals surface area contributed by atoms with Crippen LogP contribution >= 0.6 is 0 Å². The van der Waals surface area contributed by atoms with E-state index >= 15 is 0 Å². The van der Waals surface area contributed by atoms with E-state index in [2.05, 4.69) is 10.1 Å². The molecule has 15 heavy (non-hydrogen) atoms. The Morgan fingerprint density at radius 2 is 2.40 bits per heavy atom. The van der Waals surface area contributed by atoms with E-state index in [1.807, 2.05) is 6.92 Å². The molecule has 0 aromatic carbocycles. The van der Waals surface area contributed by atoms with Crippen molar-refractivity contribution >= 4 is 0 Å². The molecule has 1 aromatic rings. The third-order valence-corrected chi connectivity index (χ3v) is 1.79. The number of aliphatic hydroxyl groups excluding tert-OH is 1. The summed E-state index contributed by atoms with van der Waals surface area (Å²) >= 11 is 0. The fourth-order valence-electron chi connectivity index (χ4n) is 1.05. The Morgan fingerprint density at radius 1 is 1.60 bits per heavy atom. The van der Waals surface area contributed by atoms with Crippen molar-refractivity contribution in [2.75, 3.05) is 13.2 Å². The van der Waals surface area contributed by atoms with Crippen LogP contribution in [-0.4, -0.2) is 28.4 Å². The van der Waals surface area contributed by atoms with Crippen molar-refractivity contribution < 1.29 is 14.4 Å². The van der Waals surface area contributed by atoms with Crippen molar-refractivity contribution in [2.24, 2.45) is 5.73 Å². The van der Waals surface area contributed by atoms with Gasteiger partial charge in [-0.1, -0.05) is 12.1 Å². The van der Waals surface area contributed by atoms with Gasteiger partial charge in [-0.15, -0.1) is 0 Å². The van der Waals surface area contributed by atoms with Crippen LogP contribution in [-0.2, 0) is 11.3 Å². The van der Waals surface area contributed by atoms with Crippen molar-refractivity contribution in [1.29, 1.82) is 0 Å². The molecule has 0 aliphatic carbocycles. The van der Waals surface area contributed by atoms with Crippen molar-refractivity contribution in [3.05, 3.63) is 11.7 Å². The van der Waals surface area contributed by atoms with E-state index in [1.165, 1.54) is 0 Å². The summed E-state index contributed by atoms with van der Waals surface area (Å²) in [6.07, 6.45) is 0.584. The van der Waals surface area contributed by atoms with E-state index in [9.17, 15) is 5.11 Å². The topological polar surface area (TPSA) is 94.4 Å². The average molecular weight is 215 g/mol. The van der Waals surface area contributed by atoms with Gasteiger partial charge >= 0.3 is 0 Å². The molecule has 6 nitrogen and oxygen atoms in total. The highest BCUT2D eigenvalue weighted by molar-refractivity contribution is 4.88. The van der Waals surface area contributed by atoms with Crippen LogP contribution < -0.4 is 5.73 Å². The number of aliphatic hydroxyl groups is 1. The summed E-state index contributed by atoms with van der Waals surface area (Å²) in [6, 6.07) is 0. The molecule has 0 fully saturated rings. The molecule has 1 atom stereocenters. The van der Waals surface area contributed by atoms with Crippen LogP contribution in [0.25, 0.3) is 0 Å². The first-order valence-corrected chi connectivity index (χ1v) is 5.06. The molecular formula is C9H17N3O3. The van der Waals surface area contributed by atoms with Crippen molar-refractivity contribution in [3.8, 4) is 0 Å². The number of nitrogens with two attached hydrogens (primary N) is 1. The zero-order chi connectivity index (χ0) is 11.1. The summed E-state index contributed by atoms with van der Waals surface area (Å²) in [4.78, 5) is 3.99. The Morgan fingerprint density at radius 3 is 3.07 bits per heavy atom. The Balaban J connectivity index is 2.41. The molecule has 0 saturated heterocycles. The first kappa shape index (κ1) is 12.1. The molecule has 6 heteroatoms. The third kappa shape index (κ3) is 3.94. The van der Waals surface area contributed by atoms with Crippen LogP contribution in [0.4, 0.5) is 0 Å². The second-order valence-corrected chi connectivity index (χ2v) is 3.19. The minimum Gasteiger partial charge on any atom is -0.383 e. The Bertz CT molecular complexity index is 277. The van der Waals surface area contributed by atoms with Gasteiger partial charge in [-0.3, -0.25) is 0 Å². The maximum atomic E-state index is 9.49. The Kier molecular flexibility index (Phi) is 5.23. The van der Waals surface area contributed by atoms with Gasteiger partial charge in [0.15, 0.2) is 5.82 Å². The fraction of sp³-hybridized carbons (Fsp3) is 0.778. The molecule has 0 spiro atoms. The number of ether oxygens (including phenoxy) is 1. The minimum atomic E-state index is -0.776. The fourth-order valence-corrected chi connectivity index (χ4v) is 1.05. The third-order valence-electron chi connectivity index (χ3n) is 1.79. The minimum absolute atomic E-state index is 0.204. The predicted octanol–water partition coefficient (Wildman–Crippen LogP) is 0.378. The van der Waals surface area contributed by atoms with E-state index < -0.39 is 6.10 Å². The van der Waals surface area contributed by atoms with Gasteiger partial charge in [0.1, 0.15) is 12.7 Å². The van der Waals surface area contributed by atoms with Crippen LogP contribution in [0.5, 0.6) is 0 Å². The van der Waals surface area contributed by atoms with E-state index in [-0.39, 0.29) is 5.89 Å². The summed E-state index contributed by atoms with van der Waals surface area (Å²) in [5, 5.41) is 13.2. The zero-order valence-corrected chi connectivity index (χ0v) is 8.85. The second kappa shape index (κ2) is 6.49. The number of aromatic nitrogens is 2. The number of hydrogen-bond donors (Lipinski definition) is 2. The lowest BCUT2D eigenvalue weighted by Crippen LogP contribution is -2.07. The largest absolute Gasteiger partial charge is 0.383 e. The number of hydrogen-bond acceptors (Lipinski definition) is 6. The van der Waals surface area contributed by atoms with Crippen LogP contribution in [0.3, 0.4) is 0 Å². The molecule has 1 unspecified atom stereocenters. The van der Waals surface area contributed by atoms with Crippen LogP contribution in [0, 0.1) is 0 Å². The predicted molar refractivity (Wildman–Crippen MR) is 52.9 cm³/mol. The lowest BCUT2D eigenvalue weighted by Gasteiger charge is -2.01. The van der Waals surface area contributed by atoms with Crippen molar-refractivity contribution in [1.82, 2.24) is 10.1 Å². The van der Waals surface area contributed by atoms with Crippen LogP contribution in [0.1, 0.15) is 37.6 Å². The van der Waals surface area contributed by atoms with Crippen molar-refractivity contribution in [3.63, 3.8) is 0 Å². The van der Waals surface area contributed by atoms with Gasteiger partial charge in [-0.25, -0.2) is 0 Å². The monoisotopic (exact) mass is 215 g/mol. The number of rotatable bonds is 7. The maximum absolute atomic E-state index is 9.49. The van der Waals surface area contributed by atoms with Crippen molar-refractivity contribution in [2.45, 2.75) is 32.5 Å². The molecule has 0 aliphatic rings. The highest BCUT2D eigenvalue weighted by Gasteiger charge is 2.14. The normalized spacial score (nSPS) is 13.0.